The van der Waals surface area contributed by atoms with E-state index in [0.717, 1.165) is 9.80 Å². The molecule has 0 aliphatic carbocycles. The number of nitrogens with zero attached hydrogens (tertiary/aromatic N) is 6. The van der Waals surface area contributed by atoms with E-state index in [-0.39, 0.29) is 48.8 Å². The Hall–Kier alpha value is -7.30. The second-order valence-corrected chi connectivity index (χ2v) is 22.1. The van der Waals surface area contributed by atoms with Crippen molar-refractivity contribution in [3.8, 4) is 22.3 Å². The summed E-state index contributed by atoms with van der Waals surface area (Å²) in [5.74, 6) is -1.96. The molecule has 2 amide bonds. The van der Waals surface area contributed by atoms with Crippen molar-refractivity contribution in [1.29, 1.82) is 0 Å². The fourth-order valence-corrected chi connectivity index (χ4v) is 10.9. The van der Waals surface area contributed by atoms with E-state index in [1.165, 1.54) is 90.6 Å². The Morgan fingerprint density at radius 3 is 1.11 bits per heavy atom. The van der Waals surface area contributed by atoms with Crippen molar-refractivity contribution in [2.24, 2.45) is 0 Å². The number of ether oxygens (including phenoxy) is 1. The number of hydrogen-bond acceptors (Lipinski definition) is 7. The summed E-state index contributed by atoms with van der Waals surface area (Å²) in [6.45, 7) is 9.58. The average molecular weight is 1180 g/mol. The lowest BCUT2D eigenvalue weighted by Crippen LogP contribution is -2.42. The molecule has 0 spiro atoms. The van der Waals surface area contributed by atoms with Crippen molar-refractivity contribution in [2.75, 3.05) is 60.0 Å². The first-order valence-corrected chi connectivity index (χ1v) is 26.3. The minimum absolute atomic E-state index is 0.0129. The lowest BCUT2D eigenvalue weighted by Gasteiger charge is -2.33. The number of benzene rings is 4. The topological polar surface area (TPSA) is 82.1 Å². The van der Waals surface area contributed by atoms with Crippen LogP contribution in [0.3, 0.4) is 0 Å². The molecule has 0 N–H and O–H groups in total. The van der Waals surface area contributed by atoms with Crippen LogP contribution >= 0.6 is 0 Å². The predicted octanol–water partition coefficient (Wildman–Crippen LogP) is 15.3. The van der Waals surface area contributed by atoms with Gasteiger partial charge in [0, 0.05) is 38.3 Å². The number of aromatic nitrogens is 2. The molecule has 2 unspecified atom stereocenters. The van der Waals surface area contributed by atoms with Crippen LogP contribution in [0.4, 0.5) is 84.5 Å². The SMILES string of the molecule is Cc1cc(F)ccc1-c1cc(N2CCCC2COCC2CCCN2c2cc(-c3ccc(F)cc3C)c(N(C)C(=O)C(C)(C)c3cc(C(F)(F)F)cc(C(F)(F)F)c3)cn2)ncc1N(C)C(=O)C(C)(C)c1cc(C(F)(F)F)cc(C(F)(F)F)c1. The minimum atomic E-state index is -5.16. The summed E-state index contributed by atoms with van der Waals surface area (Å²) < 4.78 is 203. The van der Waals surface area contributed by atoms with E-state index in [4.69, 9.17) is 14.7 Å². The van der Waals surface area contributed by atoms with E-state index in [1.807, 2.05) is 9.80 Å². The molecule has 6 aromatic rings. The van der Waals surface area contributed by atoms with Crippen molar-refractivity contribution >= 4 is 34.8 Å². The highest BCUT2D eigenvalue weighted by atomic mass is 19.4. The van der Waals surface area contributed by atoms with Gasteiger partial charge >= 0.3 is 24.7 Å². The summed E-state index contributed by atoms with van der Waals surface area (Å²) >= 11 is 0. The monoisotopic (exact) mass is 1180 g/mol. The maximum absolute atomic E-state index is 14.6. The summed E-state index contributed by atoms with van der Waals surface area (Å²) in [4.78, 5) is 44.5. The van der Waals surface area contributed by atoms with Crippen molar-refractivity contribution < 1.29 is 75.8 Å². The van der Waals surface area contributed by atoms with Crippen LogP contribution in [0.25, 0.3) is 22.3 Å². The second-order valence-electron chi connectivity index (χ2n) is 22.1. The average Bonchev–Trinajstić information content (AvgIpc) is 3.28. The van der Waals surface area contributed by atoms with Gasteiger partial charge < -0.3 is 24.3 Å². The molecule has 2 atom stereocenters. The first-order chi connectivity index (χ1) is 38.5. The van der Waals surface area contributed by atoms with Gasteiger partial charge in [0.25, 0.3) is 0 Å². The lowest BCUT2D eigenvalue weighted by molar-refractivity contribution is -0.144. The summed E-state index contributed by atoms with van der Waals surface area (Å²) in [6.07, 6.45) is -15.1. The molecule has 2 saturated heterocycles. The van der Waals surface area contributed by atoms with Gasteiger partial charge in [0.05, 0.1) is 82.1 Å². The number of likely N-dealkylation sites (N-methyl/N-ethyl adjacent to an activating group) is 2. The van der Waals surface area contributed by atoms with Crippen molar-refractivity contribution in [3.63, 3.8) is 0 Å². The Balaban J connectivity index is 1.04. The summed E-state index contributed by atoms with van der Waals surface area (Å²) in [7, 11) is 2.65. The molecule has 4 heterocycles. The van der Waals surface area contributed by atoms with E-state index in [1.54, 1.807) is 26.0 Å². The smallest absolute Gasteiger partial charge is 0.377 e. The fraction of sp³-hybridized carbons (Fsp3) is 0.400. The standard InChI is InChI=1S/C60H58F14N6O3/c1-33-19-41(61)13-15-45(33)47-27-51(75-29-49(47)77(7)53(81)55(3,4)35-21-37(57(63,64)65)25-38(22-35)58(66,67)68)79-17-9-11-43(79)31-83-32-44-12-10-18-80(44)52-28-48(46-16-14-42(62)20-34(46)2)50(30-76-52)78(8)54(82)56(5,6)36-23-39(59(69,70)71)26-40(24-36)60(72,73)74/h13-16,19-30,43-44H,9-12,17-18,31-32H2,1-8H3. The van der Waals surface area contributed by atoms with E-state index in [0.29, 0.717) is 108 Å². The molecule has 444 valence electrons. The van der Waals surface area contributed by atoms with Gasteiger partial charge in [-0.05, 0) is 173 Å². The molecule has 83 heavy (non-hydrogen) atoms. The number of amides is 2. The van der Waals surface area contributed by atoms with Gasteiger partial charge in [0.1, 0.15) is 23.3 Å². The molecular formula is C60H58F14N6O3. The third-order valence-electron chi connectivity index (χ3n) is 15.7. The van der Waals surface area contributed by atoms with Crippen molar-refractivity contribution in [1.82, 2.24) is 9.97 Å². The van der Waals surface area contributed by atoms with Crippen LogP contribution in [0.5, 0.6) is 0 Å². The zero-order chi connectivity index (χ0) is 61.1. The van der Waals surface area contributed by atoms with Gasteiger partial charge in [-0.3, -0.25) is 9.59 Å². The van der Waals surface area contributed by atoms with E-state index in [9.17, 15) is 71.1 Å². The summed E-state index contributed by atoms with van der Waals surface area (Å²) in [5.41, 5.74) is -8.43. The van der Waals surface area contributed by atoms with E-state index >= 15 is 0 Å². The molecule has 2 aliphatic heterocycles. The molecule has 2 aromatic heterocycles. The van der Waals surface area contributed by atoms with Gasteiger partial charge in [-0.15, -0.1) is 0 Å². The molecule has 2 fully saturated rings. The maximum Gasteiger partial charge on any atom is 0.416 e. The molecule has 4 aromatic carbocycles. The normalized spacial score (nSPS) is 16.5. The largest absolute Gasteiger partial charge is 0.416 e. The molecular weight excluding hydrogens is 1120 g/mol. The Bertz CT molecular complexity index is 3140. The second kappa shape index (κ2) is 22.7. The summed E-state index contributed by atoms with van der Waals surface area (Å²) in [6, 6.07) is 12.9. The molecule has 2 aliphatic rings. The van der Waals surface area contributed by atoms with Crippen LogP contribution in [-0.2, 0) is 49.9 Å². The van der Waals surface area contributed by atoms with Gasteiger partial charge in [-0.1, -0.05) is 12.1 Å². The van der Waals surface area contributed by atoms with Gasteiger partial charge in [-0.2, -0.15) is 52.7 Å². The quantitative estimate of drug-likeness (QED) is 0.101. The minimum Gasteiger partial charge on any atom is -0.377 e. The van der Waals surface area contributed by atoms with Crippen LogP contribution in [0.15, 0.2) is 97.3 Å². The number of aryl methyl sites for hydroxylation is 2. The van der Waals surface area contributed by atoms with Gasteiger partial charge in [0.2, 0.25) is 11.8 Å². The number of rotatable bonds is 14. The highest BCUT2D eigenvalue weighted by Gasteiger charge is 2.44. The van der Waals surface area contributed by atoms with E-state index in [2.05, 4.69) is 0 Å². The maximum atomic E-state index is 14.6. The van der Waals surface area contributed by atoms with Gasteiger partial charge in [-0.25, -0.2) is 18.7 Å². The van der Waals surface area contributed by atoms with Crippen LogP contribution in [0.2, 0.25) is 0 Å². The fourth-order valence-electron chi connectivity index (χ4n) is 10.9. The van der Waals surface area contributed by atoms with Crippen LogP contribution in [-0.4, -0.2) is 74.3 Å². The Kier molecular flexibility index (Phi) is 16.9. The molecule has 8 rings (SSSR count). The molecule has 0 saturated carbocycles. The Morgan fingerprint density at radius 2 is 0.807 bits per heavy atom. The number of carbonyl (C=O) groups excluding carboxylic acids is 2. The molecule has 23 heteroatoms. The van der Waals surface area contributed by atoms with Crippen LogP contribution < -0.4 is 19.6 Å². The highest BCUT2D eigenvalue weighted by Crippen LogP contribution is 2.45. The number of anilines is 4. The lowest BCUT2D eigenvalue weighted by atomic mass is 9.81. The molecule has 0 radical (unpaired) electrons. The molecule has 0 bridgehead atoms. The number of halogens is 14. The van der Waals surface area contributed by atoms with Crippen molar-refractivity contribution in [3.05, 3.63) is 153 Å². The zero-order valence-corrected chi connectivity index (χ0v) is 46.2. The van der Waals surface area contributed by atoms with Crippen LogP contribution in [0, 0.1) is 25.5 Å². The molecule has 9 nitrogen and oxygen atoms in total. The number of pyridine rings is 2. The predicted molar refractivity (Wildman–Crippen MR) is 286 cm³/mol. The van der Waals surface area contributed by atoms with E-state index < -0.39 is 92.4 Å². The Morgan fingerprint density at radius 1 is 0.494 bits per heavy atom. The summed E-state index contributed by atoms with van der Waals surface area (Å²) in [5, 5.41) is 0. The Labute approximate surface area is 469 Å². The van der Waals surface area contributed by atoms with Crippen molar-refractivity contribution in [2.45, 2.75) is 115 Å². The highest BCUT2D eigenvalue weighted by molar-refractivity contribution is 6.04. The first-order valence-electron chi connectivity index (χ1n) is 26.3. The van der Waals surface area contributed by atoms with Gasteiger partial charge in [0.15, 0.2) is 0 Å². The number of carbonyl (C=O) groups is 2. The zero-order valence-electron chi connectivity index (χ0n) is 46.2. The van der Waals surface area contributed by atoms with Crippen LogP contribution in [0.1, 0.15) is 97.9 Å². The third-order valence-corrected chi connectivity index (χ3v) is 15.7. The first kappa shape index (κ1) is 61.8. The number of alkyl halides is 12. The number of hydrogen-bond donors (Lipinski definition) is 0. The third kappa shape index (κ3) is 12.9.